The van der Waals surface area contributed by atoms with Crippen LogP contribution in [-0.2, 0) is 4.79 Å². The molecule has 0 fully saturated rings. The minimum absolute atomic E-state index is 0.00394. The van der Waals surface area contributed by atoms with Crippen molar-refractivity contribution in [2.24, 2.45) is 0 Å². The molecule has 0 spiro atoms. The van der Waals surface area contributed by atoms with Gasteiger partial charge in [-0.2, -0.15) is 11.8 Å². The molecule has 2 rings (SSSR count). The maximum absolute atomic E-state index is 11.6. The Morgan fingerprint density at radius 1 is 1.30 bits per heavy atom. The number of hydrogen-bond donors (Lipinski definition) is 1. The van der Waals surface area contributed by atoms with Gasteiger partial charge >= 0.3 is 0 Å². The summed E-state index contributed by atoms with van der Waals surface area (Å²) in [5.41, 5.74) is 5.79. The van der Waals surface area contributed by atoms with Gasteiger partial charge in [-0.3, -0.25) is 4.79 Å². The lowest BCUT2D eigenvalue weighted by Gasteiger charge is -2.08. The maximum Gasteiger partial charge on any atom is 0.236 e. The van der Waals surface area contributed by atoms with Crippen LogP contribution in [0.1, 0.15) is 16.7 Å². The molecule has 0 aliphatic carbocycles. The molecule has 20 heavy (non-hydrogen) atoms. The van der Waals surface area contributed by atoms with Crippen molar-refractivity contribution in [3.05, 3.63) is 34.2 Å². The lowest BCUT2D eigenvalue weighted by Crippen LogP contribution is -2.13. The first kappa shape index (κ1) is 15.1. The molecule has 1 amide bonds. The van der Waals surface area contributed by atoms with E-state index in [0.717, 1.165) is 11.3 Å². The first-order valence-electron chi connectivity index (χ1n) is 6.34. The summed E-state index contributed by atoms with van der Waals surface area (Å²) in [5, 5.41) is 5.50. The molecular formula is C15H18N2OS2. The summed E-state index contributed by atoms with van der Waals surface area (Å²) in [6.07, 6.45) is 1.91. The SMILES string of the molecule is CSCC(=O)Nc1nc(-c2c(C)cc(C)cc2C)cs1. The summed E-state index contributed by atoms with van der Waals surface area (Å²) in [4.78, 5) is 16.1. The van der Waals surface area contributed by atoms with Gasteiger partial charge in [0.05, 0.1) is 11.4 Å². The Bertz CT molecular complexity index is 612. The summed E-state index contributed by atoms with van der Waals surface area (Å²) in [5.74, 6) is 0.452. The summed E-state index contributed by atoms with van der Waals surface area (Å²) in [7, 11) is 0. The van der Waals surface area contributed by atoms with Crippen molar-refractivity contribution in [2.75, 3.05) is 17.3 Å². The van der Waals surface area contributed by atoms with Crippen LogP contribution in [0.2, 0.25) is 0 Å². The van der Waals surface area contributed by atoms with Crippen LogP contribution in [-0.4, -0.2) is 22.9 Å². The number of carbonyl (C=O) groups is 1. The van der Waals surface area contributed by atoms with Crippen LogP contribution < -0.4 is 5.32 Å². The molecule has 1 aromatic carbocycles. The van der Waals surface area contributed by atoms with Gasteiger partial charge in [-0.05, 0) is 38.2 Å². The third kappa shape index (κ3) is 3.41. The van der Waals surface area contributed by atoms with Crippen LogP contribution in [0.15, 0.2) is 17.5 Å². The Kier molecular flexibility index (Phi) is 4.83. The molecule has 2 aromatic rings. The summed E-state index contributed by atoms with van der Waals surface area (Å²) in [6.45, 7) is 6.29. The molecule has 0 radical (unpaired) electrons. The molecule has 0 aliphatic heterocycles. The molecule has 0 aliphatic rings. The Labute approximate surface area is 127 Å². The molecule has 1 aromatic heterocycles. The van der Waals surface area contributed by atoms with Crippen LogP contribution >= 0.6 is 23.1 Å². The highest BCUT2D eigenvalue weighted by Gasteiger charge is 2.12. The fourth-order valence-corrected chi connectivity index (χ4v) is 3.37. The number of hydrogen-bond acceptors (Lipinski definition) is 4. The summed E-state index contributed by atoms with van der Waals surface area (Å²) in [6, 6.07) is 4.32. The number of aromatic nitrogens is 1. The van der Waals surface area contributed by atoms with Gasteiger partial charge in [-0.25, -0.2) is 4.98 Å². The Hall–Kier alpha value is -1.33. The normalized spacial score (nSPS) is 10.6. The molecule has 1 N–H and O–H groups in total. The molecule has 3 nitrogen and oxygen atoms in total. The van der Waals surface area contributed by atoms with Gasteiger partial charge in [0.2, 0.25) is 5.91 Å². The van der Waals surface area contributed by atoms with Gasteiger partial charge in [0.1, 0.15) is 0 Å². The Morgan fingerprint density at radius 3 is 2.55 bits per heavy atom. The lowest BCUT2D eigenvalue weighted by molar-refractivity contribution is -0.113. The van der Waals surface area contributed by atoms with Gasteiger partial charge < -0.3 is 5.32 Å². The third-order valence-electron chi connectivity index (χ3n) is 2.96. The van der Waals surface area contributed by atoms with Crippen molar-refractivity contribution in [3.8, 4) is 11.3 Å². The Morgan fingerprint density at radius 2 is 1.95 bits per heavy atom. The van der Waals surface area contributed by atoms with Gasteiger partial charge in [-0.1, -0.05) is 17.7 Å². The van der Waals surface area contributed by atoms with Crippen LogP contribution in [0.4, 0.5) is 5.13 Å². The number of nitrogens with zero attached hydrogens (tertiary/aromatic N) is 1. The van der Waals surface area contributed by atoms with E-state index < -0.39 is 0 Å². The predicted octanol–water partition coefficient (Wildman–Crippen LogP) is 4.04. The molecule has 1 heterocycles. The summed E-state index contributed by atoms with van der Waals surface area (Å²) >= 11 is 2.97. The van der Waals surface area contributed by atoms with E-state index in [9.17, 15) is 4.79 Å². The van der Waals surface area contributed by atoms with Crippen molar-refractivity contribution in [2.45, 2.75) is 20.8 Å². The molecule has 0 bridgehead atoms. The van der Waals surface area contributed by atoms with Gasteiger partial charge in [0.15, 0.2) is 5.13 Å². The zero-order valence-corrected chi connectivity index (χ0v) is 13.7. The first-order chi connectivity index (χ1) is 9.51. The van der Waals surface area contributed by atoms with E-state index in [2.05, 4.69) is 43.2 Å². The second kappa shape index (κ2) is 6.41. The number of aryl methyl sites for hydroxylation is 3. The highest BCUT2D eigenvalue weighted by atomic mass is 32.2. The first-order valence-corrected chi connectivity index (χ1v) is 8.61. The summed E-state index contributed by atoms with van der Waals surface area (Å²) < 4.78 is 0. The van der Waals surface area contributed by atoms with E-state index in [1.807, 2.05) is 11.6 Å². The minimum Gasteiger partial charge on any atom is -0.301 e. The largest absolute Gasteiger partial charge is 0.301 e. The van der Waals surface area contributed by atoms with E-state index >= 15 is 0 Å². The smallest absolute Gasteiger partial charge is 0.236 e. The van der Waals surface area contributed by atoms with Gasteiger partial charge in [-0.15, -0.1) is 11.3 Å². The molecule has 0 unspecified atom stereocenters. The van der Waals surface area contributed by atoms with E-state index in [1.54, 1.807) is 0 Å². The van der Waals surface area contributed by atoms with Crippen LogP contribution in [0.3, 0.4) is 0 Å². The number of nitrogens with one attached hydrogen (secondary N) is 1. The number of carbonyl (C=O) groups excluding carboxylic acids is 1. The quantitative estimate of drug-likeness (QED) is 0.927. The molecule has 0 saturated heterocycles. The van der Waals surface area contributed by atoms with Crippen LogP contribution in [0.5, 0.6) is 0 Å². The highest BCUT2D eigenvalue weighted by Crippen LogP contribution is 2.31. The van der Waals surface area contributed by atoms with E-state index in [0.29, 0.717) is 10.9 Å². The minimum atomic E-state index is -0.00394. The van der Waals surface area contributed by atoms with Gasteiger partial charge in [0, 0.05) is 10.9 Å². The number of thiazole rings is 1. The average molecular weight is 306 g/mol. The Balaban J connectivity index is 2.27. The molecule has 106 valence electrons. The average Bonchev–Trinajstić information content (AvgIpc) is 2.76. The standard InChI is InChI=1S/C15H18N2OS2/c1-9-5-10(2)14(11(3)6-9)12-7-20-15(16-12)17-13(18)8-19-4/h5-7H,8H2,1-4H3,(H,16,17,18). The third-order valence-corrected chi connectivity index (χ3v) is 4.27. The molecular weight excluding hydrogens is 288 g/mol. The monoisotopic (exact) mass is 306 g/mol. The van der Waals surface area contributed by atoms with Crippen molar-refractivity contribution in [1.29, 1.82) is 0 Å². The molecule has 5 heteroatoms. The van der Waals surface area contributed by atoms with E-state index in [1.165, 1.54) is 39.8 Å². The fraction of sp³-hybridized carbons (Fsp3) is 0.333. The van der Waals surface area contributed by atoms with Crippen LogP contribution in [0, 0.1) is 20.8 Å². The molecule has 0 atom stereocenters. The van der Waals surface area contributed by atoms with Crippen molar-refractivity contribution < 1.29 is 4.79 Å². The van der Waals surface area contributed by atoms with Crippen molar-refractivity contribution in [1.82, 2.24) is 4.98 Å². The second-order valence-corrected chi connectivity index (χ2v) is 6.52. The zero-order valence-electron chi connectivity index (χ0n) is 12.1. The maximum atomic E-state index is 11.6. The van der Waals surface area contributed by atoms with Gasteiger partial charge in [0.25, 0.3) is 0 Å². The number of amides is 1. The predicted molar refractivity (Wildman–Crippen MR) is 88.8 cm³/mol. The fourth-order valence-electron chi connectivity index (χ4n) is 2.32. The topological polar surface area (TPSA) is 42.0 Å². The van der Waals surface area contributed by atoms with E-state index in [-0.39, 0.29) is 5.91 Å². The van der Waals surface area contributed by atoms with Crippen LogP contribution in [0.25, 0.3) is 11.3 Å². The van der Waals surface area contributed by atoms with Crippen molar-refractivity contribution in [3.63, 3.8) is 0 Å². The number of rotatable bonds is 4. The second-order valence-electron chi connectivity index (χ2n) is 4.79. The highest BCUT2D eigenvalue weighted by molar-refractivity contribution is 7.99. The number of thioether (sulfide) groups is 1. The van der Waals surface area contributed by atoms with Crippen molar-refractivity contribution >= 4 is 34.1 Å². The zero-order chi connectivity index (χ0) is 14.7. The molecule has 0 saturated carbocycles. The van der Waals surface area contributed by atoms with E-state index in [4.69, 9.17) is 0 Å². The lowest BCUT2D eigenvalue weighted by atomic mass is 9.98. The number of benzene rings is 1. The number of anilines is 1.